The van der Waals surface area contributed by atoms with E-state index in [9.17, 15) is 0 Å². The second-order valence-electron chi connectivity index (χ2n) is 16.0. The minimum Gasteiger partial charge on any atom is -0.415 e. The van der Waals surface area contributed by atoms with Crippen LogP contribution in [0.25, 0.3) is 0 Å². The Kier molecular flexibility index (Phi) is 7.36. The maximum atomic E-state index is 7.14. The fourth-order valence-corrected chi connectivity index (χ4v) is 12.5. The monoisotopic (exact) mass is 524 g/mol. The molecule has 4 saturated carbocycles. The van der Waals surface area contributed by atoms with Crippen LogP contribution in [0.4, 0.5) is 0 Å². The van der Waals surface area contributed by atoms with E-state index in [4.69, 9.17) is 13.3 Å². The van der Waals surface area contributed by atoms with Gasteiger partial charge in [0.25, 0.3) is 0 Å². The Bertz CT molecular complexity index is 739. The predicted octanol–water partition coefficient (Wildman–Crippen LogP) is 8.30. The molecule has 198 valence electrons. The van der Waals surface area contributed by atoms with Gasteiger partial charge in [0.2, 0.25) is 0 Å². The maximum absolute atomic E-state index is 7.14. The molecule has 0 heterocycles. The van der Waals surface area contributed by atoms with Crippen molar-refractivity contribution in [3.8, 4) is 0 Å². The highest BCUT2D eigenvalue weighted by Crippen LogP contribution is 2.67. The van der Waals surface area contributed by atoms with Gasteiger partial charge in [0.05, 0.1) is 6.10 Å². The first kappa shape index (κ1) is 27.6. The van der Waals surface area contributed by atoms with Crippen LogP contribution < -0.4 is 0 Å². The van der Waals surface area contributed by atoms with Crippen LogP contribution in [0.3, 0.4) is 0 Å². The molecule has 3 nitrogen and oxygen atoms in total. The van der Waals surface area contributed by atoms with Crippen LogP contribution in [0.1, 0.15) is 65.2 Å². The first-order valence-electron chi connectivity index (χ1n) is 14.4. The summed E-state index contributed by atoms with van der Waals surface area (Å²) in [6.07, 6.45) is 11.9. The Morgan fingerprint density at radius 1 is 0.588 bits per heavy atom. The van der Waals surface area contributed by atoms with Crippen LogP contribution in [0.5, 0.6) is 0 Å². The molecular formula is C28H56O3Si3. The van der Waals surface area contributed by atoms with Gasteiger partial charge >= 0.3 is 0 Å². The lowest BCUT2D eigenvalue weighted by molar-refractivity contribution is -0.170. The number of hydrogen-bond acceptors (Lipinski definition) is 3. The fraction of sp³-hybridized carbons (Fsp3) is 1.00. The van der Waals surface area contributed by atoms with E-state index in [-0.39, 0.29) is 0 Å². The zero-order chi connectivity index (χ0) is 25.3. The summed E-state index contributed by atoms with van der Waals surface area (Å²) in [5.74, 6) is 3.05. The largest absolute Gasteiger partial charge is 0.415 e. The summed E-state index contributed by atoms with van der Waals surface area (Å²) in [5, 5.41) is 0. The van der Waals surface area contributed by atoms with Gasteiger partial charge in [-0.3, -0.25) is 0 Å². The Hall–Kier alpha value is 0.531. The molecule has 0 aromatic heterocycles. The van der Waals surface area contributed by atoms with Gasteiger partial charge in [0.1, 0.15) is 0 Å². The Balaban J connectivity index is 1.63. The molecule has 4 fully saturated rings. The van der Waals surface area contributed by atoms with Crippen molar-refractivity contribution in [2.75, 3.05) is 0 Å². The second kappa shape index (κ2) is 9.07. The molecule has 4 rings (SSSR count). The molecule has 0 aliphatic heterocycles. The van der Waals surface area contributed by atoms with Crippen LogP contribution in [0.15, 0.2) is 0 Å². The third-order valence-electron chi connectivity index (χ3n) is 10.0. The zero-order valence-electron chi connectivity index (χ0n) is 24.4. The Morgan fingerprint density at radius 3 is 1.74 bits per heavy atom. The van der Waals surface area contributed by atoms with E-state index in [0.717, 1.165) is 23.7 Å². The van der Waals surface area contributed by atoms with Crippen LogP contribution >= 0.6 is 0 Å². The van der Waals surface area contributed by atoms with Crippen molar-refractivity contribution in [3.05, 3.63) is 0 Å². The summed E-state index contributed by atoms with van der Waals surface area (Å²) in [4.78, 5) is 0. The molecule has 0 radical (unpaired) electrons. The van der Waals surface area contributed by atoms with Crippen molar-refractivity contribution in [1.82, 2.24) is 0 Å². The smallest absolute Gasteiger partial charge is 0.184 e. The normalized spacial score (nSPS) is 45.4. The molecule has 6 heteroatoms. The highest BCUT2D eigenvalue weighted by atomic mass is 28.4. The lowest BCUT2D eigenvalue weighted by Gasteiger charge is -2.63. The molecule has 0 N–H and O–H groups in total. The van der Waals surface area contributed by atoms with Gasteiger partial charge in [-0.25, -0.2) is 0 Å². The minimum atomic E-state index is -1.63. The van der Waals surface area contributed by atoms with E-state index in [1.54, 1.807) is 0 Å². The summed E-state index contributed by atoms with van der Waals surface area (Å²) in [7, 11) is -4.68. The van der Waals surface area contributed by atoms with E-state index >= 15 is 0 Å². The van der Waals surface area contributed by atoms with Crippen LogP contribution in [-0.4, -0.2) is 43.3 Å². The highest BCUT2D eigenvalue weighted by Gasteiger charge is 2.63. The lowest BCUT2D eigenvalue weighted by atomic mass is 9.44. The van der Waals surface area contributed by atoms with Crippen LogP contribution in [0, 0.1) is 34.5 Å². The summed E-state index contributed by atoms with van der Waals surface area (Å²) in [6, 6.07) is 0. The molecule has 4 aliphatic rings. The Labute approximate surface area is 214 Å². The van der Waals surface area contributed by atoms with Crippen molar-refractivity contribution in [1.29, 1.82) is 0 Å². The third kappa shape index (κ3) is 5.52. The Morgan fingerprint density at radius 2 is 1.15 bits per heavy atom. The molecular weight excluding hydrogens is 469 g/mol. The topological polar surface area (TPSA) is 27.7 Å². The van der Waals surface area contributed by atoms with Gasteiger partial charge in [0.15, 0.2) is 25.0 Å². The van der Waals surface area contributed by atoms with Crippen LogP contribution in [-0.2, 0) is 13.3 Å². The number of fused-ring (bicyclic) bond motifs is 5. The summed E-state index contributed by atoms with van der Waals surface area (Å²) in [6.45, 7) is 26.7. The number of hydrogen-bond donors (Lipinski definition) is 0. The van der Waals surface area contributed by atoms with Crippen molar-refractivity contribution in [2.24, 2.45) is 34.5 Å². The first-order valence-corrected chi connectivity index (χ1v) is 24.7. The highest BCUT2D eigenvalue weighted by molar-refractivity contribution is 6.70. The molecule has 0 bridgehead atoms. The van der Waals surface area contributed by atoms with Gasteiger partial charge in [-0.1, -0.05) is 13.8 Å². The van der Waals surface area contributed by atoms with Gasteiger partial charge < -0.3 is 13.3 Å². The van der Waals surface area contributed by atoms with E-state index < -0.39 is 25.0 Å². The van der Waals surface area contributed by atoms with E-state index in [2.05, 4.69) is 72.8 Å². The molecule has 0 aromatic carbocycles. The van der Waals surface area contributed by atoms with Crippen molar-refractivity contribution in [3.63, 3.8) is 0 Å². The molecule has 0 aromatic rings. The molecule has 0 saturated heterocycles. The summed E-state index contributed by atoms with van der Waals surface area (Å²) >= 11 is 0. The minimum absolute atomic E-state index is 0.337. The quantitative estimate of drug-likeness (QED) is 0.327. The average molecular weight is 525 g/mol. The standard InChI is InChI=1S/C28H56O3Si3/c1-27-16-14-21(29-32(3,4)5)18-20(27)19-24(30-33(6,7)8)26-22-12-13-25(31-34(9,10)11)28(22,2)17-15-23(26)27/h20-26H,12-19H2,1-11H3. The fourth-order valence-electron chi connectivity index (χ4n) is 8.91. The van der Waals surface area contributed by atoms with E-state index in [1.165, 1.54) is 51.4 Å². The van der Waals surface area contributed by atoms with Gasteiger partial charge in [0, 0.05) is 12.2 Å². The maximum Gasteiger partial charge on any atom is 0.184 e. The molecule has 9 atom stereocenters. The van der Waals surface area contributed by atoms with E-state index in [1.807, 2.05) is 0 Å². The first-order chi connectivity index (χ1) is 15.4. The molecule has 4 aliphatic carbocycles. The zero-order valence-corrected chi connectivity index (χ0v) is 27.4. The third-order valence-corrected chi connectivity index (χ3v) is 13.1. The van der Waals surface area contributed by atoms with Gasteiger partial charge in [-0.15, -0.1) is 0 Å². The molecule has 0 spiro atoms. The number of rotatable bonds is 6. The molecule has 34 heavy (non-hydrogen) atoms. The predicted molar refractivity (Wildman–Crippen MR) is 152 cm³/mol. The van der Waals surface area contributed by atoms with Gasteiger partial charge in [-0.05, 0) is 145 Å². The van der Waals surface area contributed by atoms with Crippen LogP contribution in [0.2, 0.25) is 58.9 Å². The summed E-state index contributed by atoms with van der Waals surface area (Å²) in [5.41, 5.74) is 0.798. The van der Waals surface area contributed by atoms with Crippen molar-refractivity contribution < 1.29 is 13.3 Å². The van der Waals surface area contributed by atoms with Crippen molar-refractivity contribution >= 4 is 25.0 Å². The van der Waals surface area contributed by atoms with Gasteiger partial charge in [-0.2, -0.15) is 0 Å². The molecule has 9 unspecified atom stereocenters. The molecule has 0 amide bonds. The second-order valence-corrected chi connectivity index (χ2v) is 29.3. The van der Waals surface area contributed by atoms with Crippen molar-refractivity contribution in [2.45, 2.75) is 142 Å². The van der Waals surface area contributed by atoms with E-state index in [0.29, 0.717) is 29.1 Å². The average Bonchev–Trinajstić information content (AvgIpc) is 2.95. The summed E-state index contributed by atoms with van der Waals surface area (Å²) < 4.78 is 20.7. The lowest BCUT2D eigenvalue weighted by Crippen LogP contribution is -2.61. The SMILES string of the molecule is CC12CCC(O[Si](C)(C)C)CC1CC(O[Si](C)(C)C)C1C2CCC2(C)C(O[Si](C)(C)C)CCC12.